The predicted octanol–water partition coefficient (Wildman–Crippen LogP) is 4.76. The van der Waals surface area contributed by atoms with Crippen LogP contribution in [-0.4, -0.2) is 20.9 Å². The molecule has 1 fully saturated rings. The highest BCUT2D eigenvalue weighted by Crippen LogP contribution is 2.42. The van der Waals surface area contributed by atoms with E-state index < -0.39 is 0 Å². The second kappa shape index (κ2) is 7.15. The number of aryl methyl sites for hydroxylation is 2. The normalized spacial score (nSPS) is 20.6. The first-order valence-corrected chi connectivity index (χ1v) is 10.9. The molecule has 3 heterocycles. The van der Waals surface area contributed by atoms with Crippen LogP contribution >= 0.6 is 0 Å². The number of hydrogen-bond donors (Lipinski definition) is 1. The van der Waals surface area contributed by atoms with E-state index in [0.29, 0.717) is 12.2 Å². The molecular formula is C25H29N3O2. The number of benzene rings is 1. The van der Waals surface area contributed by atoms with Crippen molar-refractivity contribution in [2.45, 2.75) is 65.0 Å². The molecule has 0 bridgehead atoms. The summed E-state index contributed by atoms with van der Waals surface area (Å²) in [4.78, 5) is 17.4. The van der Waals surface area contributed by atoms with Gasteiger partial charge in [0.15, 0.2) is 0 Å². The first-order chi connectivity index (χ1) is 14.4. The van der Waals surface area contributed by atoms with Gasteiger partial charge in [-0.25, -0.2) is 4.98 Å². The van der Waals surface area contributed by atoms with Crippen LogP contribution in [-0.2, 0) is 13.0 Å². The van der Waals surface area contributed by atoms with E-state index in [4.69, 9.17) is 4.74 Å². The lowest BCUT2D eigenvalue weighted by Crippen LogP contribution is -2.34. The number of hydrogen-bond acceptors (Lipinski definition) is 3. The van der Waals surface area contributed by atoms with Gasteiger partial charge in [-0.15, -0.1) is 0 Å². The molecule has 1 aromatic carbocycles. The minimum atomic E-state index is -0.0998. The molecule has 1 aliphatic heterocycles. The molecule has 3 aromatic rings. The summed E-state index contributed by atoms with van der Waals surface area (Å²) in [6.07, 6.45) is 8.10. The van der Waals surface area contributed by atoms with Crippen molar-refractivity contribution in [3.8, 4) is 5.75 Å². The Morgan fingerprint density at radius 3 is 2.87 bits per heavy atom. The molecule has 0 radical (unpaired) electrons. The topological polar surface area (TPSA) is 55.6 Å². The third kappa shape index (κ3) is 3.47. The Balaban J connectivity index is 1.29. The van der Waals surface area contributed by atoms with E-state index >= 15 is 0 Å². The summed E-state index contributed by atoms with van der Waals surface area (Å²) in [6, 6.07) is 10.3. The fourth-order valence-corrected chi connectivity index (χ4v) is 4.91. The molecular weight excluding hydrogens is 374 g/mol. The number of amides is 1. The number of aromatic nitrogens is 2. The number of nitrogens with one attached hydrogen (secondary N) is 1. The van der Waals surface area contributed by atoms with Gasteiger partial charge in [-0.3, -0.25) is 9.20 Å². The lowest BCUT2D eigenvalue weighted by atomic mass is 9.77. The van der Waals surface area contributed by atoms with Crippen LogP contribution in [0, 0.1) is 19.8 Å². The van der Waals surface area contributed by atoms with Crippen LogP contribution < -0.4 is 10.1 Å². The smallest absolute Gasteiger partial charge is 0.270 e. The lowest BCUT2D eigenvalue weighted by molar-refractivity contribution is 0.0658. The van der Waals surface area contributed by atoms with Crippen LogP contribution in [0.1, 0.15) is 65.5 Å². The Morgan fingerprint density at radius 2 is 2.10 bits per heavy atom. The van der Waals surface area contributed by atoms with Gasteiger partial charge in [0.05, 0.1) is 5.69 Å². The summed E-state index contributed by atoms with van der Waals surface area (Å²) in [5.41, 5.74) is 5.51. The number of ether oxygens (including phenoxy) is 1. The summed E-state index contributed by atoms with van der Waals surface area (Å²) in [6.45, 7) is 6.63. The van der Waals surface area contributed by atoms with E-state index in [1.807, 2.05) is 36.6 Å². The number of imidazole rings is 1. The van der Waals surface area contributed by atoms with Crippen molar-refractivity contribution in [3.05, 3.63) is 64.6 Å². The molecule has 1 atom stereocenters. The van der Waals surface area contributed by atoms with Crippen LogP contribution in [0.4, 0.5) is 0 Å². The second-order valence-corrected chi connectivity index (χ2v) is 9.34. The molecule has 2 aromatic heterocycles. The minimum Gasteiger partial charge on any atom is -0.487 e. The zero-order chi connectivity index (χ0) is 20.9. The molecule has 1 N–H and O–H groups in total. The van der Waals surface area contributed by atoms with Gasteiger partial charge in [-0.2, -0.15) is 0 Å². The highest BCUT2D eigenvalue weighted by molar-refractivity contribution is 5.94. The first kappa shape index (κ1) is 19.2. The zero-order valence-corrected chi connectivity index (χ0v) is 18.0. The number of fused-ring (bicyclic) bond motifs is 2. The zero-order valence-electron chi connectivity index (χ0n) is 18.0. The molecule has 1 aliphatic carbocycles. The molecule has 5 nitrogen and oxygen atoms in total. The van der Waals surface area contributed by atoms with Crippen molar-refractivity contribution in [1.82, 2.24) is 14.7 Å². The molecule has 2 aliphatic rings. The van der Waals surface area contributed by atoms with Gasteiger partial charge in [0, 0.05) is 19.2 Å². The van der Waals surface area contributed by atoms with Gasteiger partial charge < -0.3 is 10.1 Å². The van der Waals surface area contributed by atoms with Crippen LogP contribution in [0.2, 0.25) is 0 Å². The molecule has 30 heavy (non-hydrogen) atoms. The van der Waals surface area contributed by atoms with Crippen molar-refractivity contribution in [3.63, 3.8) is 0 Å². The summed E-state index contributed by atoms with van der Waals surface area (Å²) in [5.74, 6) is 1.72. The first-order valence-electron chi connectivity index (χ1n) is 10.9. The van der Waals surface area contributed by atoms with E-state index in [9.17, 15) is 4.79 Å². The van der Waals surface area contributed by atoms with Crippen molar-refractivity contribution in [2.75, 3.05) is 0 Å². The third-order valence-electron chi connectivity index (χ3n) is 6.60. The molecule has 5 heteroatoms. The van der Waals surface area contributed by atoms with E-state index in [1.54, 1.807) is 0 Å². The minimum absolute atomic E-state index is 0.0826. The van der Waals surface area contributed by atoms with Gasteiger partial charge in [0.1, 0.15) is 22.7 Å². The molecule has 0 spiro atoms. The number of carbonyl (C=O) groups is 1. The Labute approximate surface area is 177 Å². The number of rotatable bonds is 5. The van der Waals surface area contributed by atoms with Crippen LogP contribution in [0.5, 0.6) is 5.75 Å². The molecule has 1 saturated carbocycles. The highest BCUT2D eigenvalue weighted by atomic mass is 16.5. The lowest BCUT2D eigenvalue weighted by Gasteiger charge is -2.33. The second-order valence-electron chi connectivity index (χ2n) is 9.34. The molecule has 1 amide bonds. The maximum atomic E-state index is 12.9. The third-order valence-corrected chi connectivity index (χ3v) is 6.60. The summed E-state index contributed by atoms with van der Waals surface area (Å²) in [7, 11) is 0. The monoisotopic (exact) mass is 403 g/mol. The van der Waals surface area contributed by atoms with Gasteiger partial charge in [-0.1, -0.05) is 37.5 Å². The average Bonchev–Trinajstić information content (AvgIpc) is 3.17. The van der Waals surface area contributed by atoms with Gasteiger partial charge in [0.25, 0.3) is 5.91 Å². The molecule has 5 rings (SSSR count). The maximum absolute atomic E-state index is 12.9. The molecule has 156 valence electrons. The largest absolute Gasteiger partial charge is 0.487 e. The van der Waals surface area contributed by atoms with Gasteiger partial charge in [0.2, 0.25) is 0 Å². The number of nitrogens with zero attached hydrogens (tertiary/aromatic N) is 2. The predicted molar refractivity (Wildman–Crippen MR) is 117 cm³/mol. The number of pyridine rings is 1. The van der Waals surface area contributed by atoms with Crippen molar-refractivity contribution in [1.29, 1.82) is 0 Å². The fraction of sp³-hybridized carbons (Fsp3) is 0.440. The number of carbonyl (C=O) groups excluding carboxylic acids is 1. The van der Waals surface area contributed by atoms with E-state index in [1.165, 1.54) is 24.8 Å². The van der Waals surface area contributed by atoms with Gasteiger partial charge in [-0.05, 0) is 61.9 Å². The van der Waals surface area contributed by atoms with Crippen LogP contribution in [0.15, 0.2) is 36.5 Å². The molecule has 0 saturated heterocycles. The van der Waals surface area contributed by atoms with Crippen LogP contribution in [0.25, 0.3) is 5.65 Å². The van der Waals surface area contributed by atoms with Crippen molar-refractivity contribution in [2.24, 2.45) is 5.92 Å². The van der Waals surface area contributed by atoms with E-state index in [2.05, 4.69) is 35.4 Å². The highest BCUT2D eigenvalue weighted by Gasteiger charge is 2.38. The Hall–Kier alpha value is -2.82. The fourth-order valence-electron chi connectivity index (χ4n) is 4.91. The van der Waals surface area contributed by atoms with E-state index in [0.717, 1.165) is 47.0 Å². The summed E-state index contributed by atoms with van der Waals surface area (Å²) < 4.78 is 8.19. The standard InChI is InChI=1S/C25H29N3O2/c1-16-7-10-22-27-17(2)23(28(22)15-16)24(29)26-14-19-8-9-21-20(11-19)13-25(3,30-21)12-18-5-4-6-18/h7-11,15,18H,4-6,12-14H2,1-3H3,(H,26,29). The van der Waals surface area contributed by atoms with Gasteiger partial charge >= 0.3 is 0 Å². The Bertz CT molecular complexity index is 1130. The quantitative estimate of drug-likeness (QED) is 0.668. The Kier molecular flexibility index (Phi) is 4.57. The summed E-state index contributed by atoms with van der Waals surface area (Å²) >= 11 is 0. The van der Waals surface area contributed by atoms with E-state index in [-0.39, 0.29) is 11.5 Å². The van der Waals surface area contributed by atoms with Crippen LogP contribution in [0.3, 0.4) is 0 Å². The summed E-state index contributed by atoms with van der Waals surface area (Å²) in [5, 5.41) is 3.08. The Morgan fingerprint density at radius 1 is 1.27 bits per heavy atom. The maximum Gasteiger partial charge on any atom is 0.270 e. The molecule has 1 unspecified atom stereocenters. The SMILES string of the molecule is Cc1ccc2nc(C)c(C(=O)NCc3ccc4c(c3)CC(C)(CC3CCC3)O4)n2c1. The van der Waals surface area contributed by atoms with Crippen molar-refractivity contribution < 1.29 is 9.53 Å². The van der Waals surface area contributed by atoms with Crippen molar-refractivity contribution >= 4 is 11.6 Å². The average molecular weight is 404 g/mol.